The number of benzene rings is 1. The Hall–Kier alpha value is -0.540. The van der Waals surface area contributed by atoms with E-state index < -0.39 is 0 Å². The molecule has 18 heavy (non-hydrogen) atoms. The molecule has 2 N–H and O–H groups in total. The van der Waals surface area contributed by atoms with Gasteiger partial charge in [0.25, 0.3) is 0 Å². The Morgan fingerprint density at radius 2 is 1.94 bits per heavy atom. The SMILES string of the molecule is Cc1cc(SC2CCCCC2)c([C@@H](C)N)cc1F. The molecule has 0 saturated heterocycles. The Morgan fingerprint density at radius 1 is 1.28 bits per heavy atom. The van der Waals surface area contributed by atoms with Crippen molar-refractivity contribution in [2.24, 2.45) is 5.73 Å². The first-order valence-corrected chi connectivity index (χ1v) is 7.68. The second kappa shape index (κ2) is 6.07. The lowest BCUT2D eigenvalue weighted by Gasteiger charge is -2.23. The summed E-state index contributed by atoms with van der Waals surface area (Å²) >= 11 is 1.90. The quantitative estimate of drug-likeness (QED) is 0.867. The summed E-state index contributed by atoms with van der Waals surface area (Å²) in [7, 11) is 0. The fourth-order valence-corrected chi connectivity index (χ4v) is 4.04. The third kappa shape index (κ3) is 3.27. The van der Waals surface area contributed by atoms with E-state index in [4.69, 9.17) is 5.73 Å². The first kappa shape index (κ1) is 13.9. The molecular formula is C15H22FNS. The van der Waals surface area contributed by atoms with E-state index in [-0.39, 0.29) is 11.9 Å². The van der Waals surface area contributed by atoms with Gasteiger partial charge in [-0.05, 0) is 49.9 Å². The Balaban J connectivity index is 2.21. The van der Waals surface area contributed by atoms with Crippen LogP contribution in [-0.2, 0) is 0 Å². The molecule has 1 atom stereocenters. The number of nitrogens with two attached hydrogens (primary N) is 1. The van der Waals surface area contributed by atoms with Gasteiger partial charge in [-0.2, -0.15) is 0 Å². The van der Waals surface area contributed by atoms with Crippen LogP contribution in [0.3, 0.4) is 0 Å². The number of rotatable bonds is 3. The van der Waals surface area contributed by atoms with Crippen molar-refractivity contribution in [1.29, 1.82) is 0 Å². The van der Waals surface area contributed by atoms with Gasteiger partial charge in [-0.3, -0.25) is 0 Å². The predicted octanol–water partition coefficient (Wildman–Crippen LogP) is 4.58. The van der Waals surface area contributed by atoms with Crippen LogP contribution in [0.2, 0.25) is 0 Å². The minimum Gasteiger partial charge on any atom is -0.324 e. The van der Waals surface area contributed by atoms with Gasteiger partial charge in [0, 0.05) is 16.2 Å². The maximum atomic E-state index is 13.6. The summed E-state index contributed by atoms with van der Waals surface area (Å²) in [6.07, 6.45) is 6.56. The smallest absolute Gasteiger partial charge is 0.126 e. The van der Waals surface area contributed by atoms with E-state index in [0.717, 1.165) is 11.1 Å². The zero-order valence-electron chi connectivity index (χ0n) is 11.2. The molecule has 1 nitrogen and oxygen atoms in total. The lowest BCUT2D eigenvalue weighted by molar-refractivity contribution is 0.516. The van der Waals surface area contributed by atoms with Crippen LogP contribution in [0, 0.1) is 12.7 Å². The standard InChI is InChI=1S/C15H22FNS/c1-10-8-15(13(11(2)17)9-14(10)16)18-12-6-4-3-5-7-12/h8-9,11-12H,3-7,17H2,1-2H3/t11-/m1/s1. The molecular weight excluding hydrogens is 245 g/mol. The summed E-state index contributed by atoms with van der Waals surface area (Å²) in [5.74, 6) is -0.143. The van der Waals surface area contributed by atoms with E-state index >= 15 is 0 Å². The van der Waals surface area contributed by atoms with Crippen molar-refractivity contribution in [3.8, 4) is 0 Å². The van der Waals surface area contributed by atoms with Gasteiger partial charge in [-0.15, -0.1) is 11.8 Å². The maximum absolute atomic E-state index is 13.6. The molecule has 1 aromatic rings. The van der Waals surface area contributed by atoms with Gasteiger partial charge in [-0.1, -0.05) is 19.3 Å². The van der Waals surface area contributed by atoms with E-state index in [2.05, 4.69) is 0 Å². The van der Waals surface area contributed by atoms with Gasteiger partial charge >= 0.3 is 0 Å². The highest BCUT2D eigenvalue weighted by molar-refractivity contribution is 8.00. The van der Waals surface area contributed by atoms with Crippen molar-refractivity contribution >= 4 is 11.8 Å². The summed E-state index contributed by atoms with van der Waals surface area (Å²) in [5.41, 5.74) is 7.63. The van der Waals surface area contributed by atoms with Gasteiger partial charge in [0.2, 0.25) is 0 Å². The molecule has 0 bridgehead atoms. The highest BCUT2D eigenvalue weighted by Gasteiger charge is 2.18. The van der Waals surface area contributed by atoms with Crippen molar-refractivity contribution in [2.45, 2.75) is 62.1 Å². The topological polar surface area (TPSA) is 26.0 Å². The molecule has 1 saturated carbocycles. The lowest BCUT2D eigenvalue weighted by Crippen LogP contribution is -2.11. The molecule has 2 rings (SSSR count). The predicted molar refractivity (Wildman–Crippen MR) is 76.5 cm³/mol. The molecule has 1 fully saturated rings. The fraction of sp³-hybridized carbons (Fsp3) is 0.600. The largest absolute Gasteiger partial charge is 0.324 e. The van der Waals surface area contributed by atoms with Gasteiger partial charge in [-0.25, -0.2) is 4.39 Å². The van der Waals surface area contributed by atoms with Gasteiger partial charge in [0.1, 0.15) is 5.82 Å². The Bertz CT molecular complexity index is 411. The molecule has 1 aliphatic rings. The van der Waals surface area contributed by atoms with Crippen LogP contribution in [0.4, 0.5) is 4.39 Å². The normalized spacial score (nSPS) is 18.9. The number of thioether (sulfide) groups is 1. The zero-order valence-corrected chi connectivity index (χ0v) is 12.0. The number of halogens is 1. The average molecular weight is 267 g/mol. The maximum Gasteiger partial charge on any atom is 0.126 e. The average Bonchev–Trinajstić information content (AvgIpc) is 2.34. The second-order valence-corrected chi connectivity index (χ2v) is 6.65. The van der Waals surface area contributed by atoms with Crippen LogP contribution < -0.4 is 5.73 Å². The molecule has 3 heteroatoms. The minimum absolute atomic E-state index is 0.105. The van der Waals surface area contributed by atoms with Crippen LogP contribution in [0.25, 0.3) is 0 Å². The lowest BCUT2D eigenvalue weighted by atomic mass is 10.0. The summed E-state index contributed by atoms with van der Waals surface area (Å²) in [6, 6.07) is 3.48. The molecule has 0 aliphatic heterocycles. The first-order chi connectivity index (χ1) is 8.58. The second-order valence-electron chi connectivity index (χ2n) is 5.31. The molecule has 0 radical (unpaired) electrons. The highest BCUT2D eigenvalue weighted by Crippen LogP contribution is 2.37. The van der Waals surface area contributed by atoms with Gasteiger partial charge < -0.3 is 5.73 Å². The Labute approximate surface area is 113 Å². The van der Waals surface area contributed by atoms with Crippen LogP contribution in [-0.4, -0.2) is 5.25 Å². The molecule has 1 aliphatic carbocycles. The van der Waals surface area contributed by atoms with E-state index in [1.165, 1.54) is 37.0 Å². The summed E-state index contributed by atoms with van der Waals surface area (Å²) in [4.78, 5) is 1.18. The van der Waals surface area contributed by atoms with Crippen molar-refractivity contribution in [1.82, 2.24) is 0 Å². The van der Waals surface area contributed by atoms with Crippen molar-refractivity contribution in [3.05, 3.63) is 29.1 Å². The summed E-state index contributed by atoms with van der Waals surface area (Å²) in [5, 5.41) is 0.682. The van der Waals surface area contributed by atoms with Crippen molar-refractivity contribution in [2.75, 3.05) is 0 Å². The van der Waals surface area contributed by atoms with Gasteiger partial charge in [0.15, 0.2) is 0 Å². The third-order valence-corrected chi connectivity index (χ3v) is 5.04. The summed E-state index contributed by atoms with van der Waals surface area (Å²) < 4.78 is 13.6. The zero-order chi connectivity index (χ0) is 13.1. The minimum atomic E-state index is -0.143. The van der Waals surface area contributed by atoms with Crippen molar-refractivity contribution < 1.29 is 4.39 Å². The number of aryl methyl sites for hydroxylation is 1. The van der Waals surface area contributed by atoms with E-state index in [9.17, 15) is 4.39 Å². The number of hydrogen-bond acceptors (Lipinski definition) is 2. The van der Waals surface area contributed by atoms with Crippen LogP contribution in [0.5, 0.6) is 0 Å². The first-order valence-electron chi connectivity index (χ1n) is 6.80. The molecule has 1 aromatic carbocycles. The molecule has 0 spiro atoms. The van der Waals surface area contributed by atoms with E-state index in [1.54, 1.807) is 6.07 Å². The van der Waals surface area contributed by atoms with Crippen LogP contribution in [0.1, 0.15) is 56.2 Å². The number of hydrogen-bond donors (Lipinski definition) is 1. The van der Waals surface area contributed by atoms with Crippen molar-refractivity contribution in [3.63, 3.8) is 0 Å². The van der Waals surface area contributed by atoms with Crippen LogP contribution >= 0.6 is 11.8 Å². The van der Waals surface area contributed by atoms with E-state index in [0.29, 0.717) is 5.25 Å². The van der Waals surface area contributed by atoms with E-state index in [1.807, 2.05) is 31.7 Å². The molecule has 100 valence electrons. The summed E-state index contributed by atoms with van der Waals surface area (Å²) in [6.45, 7) is 3.75. The highest BCUT2D eigenvalue weighted by atomic mass is 32.2. The Morgan fingerprint density at radius 3 is 2.56 bits per heavy atom. The molecule has 0 amide bonds. The van der Waals surface area contributed by atoms with Crippen LogP contribution in [0.15, 0.2) is 17.0 Å². The van der Waals surface area contributed by atoms with Gasteiger partial charge in [0.05, 0.1) is 0 Å². The Kier molecular flexibility index (Phi) is 4.68. The molecule has 0 aromatic heterocycles. The monoisotopic (exact) mass is 267 g/mol. The fourth-order valence-electron chi connectivity index (χ4n) is 2.49. The molecule has 0 heterocycles. The third-order valence-electron chi connectivity index (χ3n) is 3.63. The molecule has 0 unspecified atom stereocenters.